The molecule has 0 aliphatic heterocycles. The fraction of sp³-hybridized carbons (Fsp3) is 0.105. The number of pyridine rings is 1. The van der Waals surface area contributed by atoms with Gasteiger partial charge in [0.25, 0.3) is 5.91 Å². The number of nitrogens with one attached hydrogen (secondary N) is 2. The molecule has 3 aromatic heterocycles. The van der Waals surface area contributed by atoms with E-state index in [-0.39, 0.29) is 5.56 Å². The number of fused-ring (bicyclic) bond motifs is 1. The van der Waals surface area contributed by atoms with Crippen LogP contribution < -0.4 is 10.6 Å². The second-order valence-corrected chi connectivity index (χ2v) is 7.11. The smallest absolute Gasteiger partial charge is 0.325 e. The lowest BCUT2D eigenvalue weighted by Crippen LogP contribution is -2.38. The Balaban J connectivity index is 1.62. The first-order valence-electron chi connectivity index (χ1n) is 8.67. The topological polar surface area (TPSA) is 122 Å². The molecule has 0 fully saturated rings. The quantitative estimate of drug-likeness (QED) is 0.448. The highest BCUT2D eigenvalue weighted by molar-refractivity contribution is 7.13. The minimum absolute atomic E-state index is 0.251. The highest BCUT2D eigenvalue weighted by Crippen LogP contribution is 2.24. The van der Waals surface area contributed by atoms with Gasteiger partial charge in [-0.05, 0) is 43.3 Å². The molecular weight excluding hydrogens is 392 g/mol. The third kappa shape index (κ3) is 3.78. The number of hydrogen-bond acceptors (Lipinski definition) is 7. The molecule has 9 nitrogen and oxygen atoms in total. The average Bonchev–Trinajstić information content (AvgIpc) is 3.38. The number of thiazole rings is 1. The molecule has 1 amide bonds. The Hall–Kier alpha value is -3.79. The maximum absolute atomic E-state index is 12.4. The normalized spacial score (nSPS) is 11.9. The molecule has 0 saturated heterocycles. The van der Waals surface area contributed by atoms with Crippen LogP contribution in [-0.4, -0.2) is 42.6 Å². The number of rotatable bonds is 6. The molecule has 29 heavy (non-hydrogen) atoms. The van der Waals surface area contributed by atoms with E-state index in [1.54, 1.807) is 28.9 Å². The molecule has 3 heterocycles. The number of aromatic nitrogens is 4. The molecule has 1 aromatic carbocycles. The van der Waals surface area contributed by atoms with E-state index in [1.807, 2.05) is 29.6 Å². The van der Waals surface area contributed by atoms with Crippen LogP contribution >= 0.6 is 11.3 Å². The molecule has 0 spiro atoms. The van der Waals surface area contributed by atoms with Crippen LogP contribution in [0.1, 0.15) is 17.3 Å². The fourth-order valence-electron chi connectivity index (χ4n) is 2.74. The van der Waals surface area contributed by atoms with E-state index in [4.69, 9.17) is 5.11 Å². The first-order valence-corrected chi connectivity index (χ1v) is 9.55. The van der Waals surface area contributed by atoms with Gasteiger partial charge in [0.2, 0.25) is 0 Å². The zero-order valence-corrected chi connectivity index (χ0v) is 16.1. The van der Waals surface area contributed by atoms with Gasteiger partial charge in [-0.1, -0.05) is 0 Å². The highest BCUT2D eigenvalue weighted by Gasteiger charge is 2.19. The summed E-state index contributed by atoms with van der Waals surface area (Å²) in [6, 6.07) is 9.86. The summed E-state index contributed by atoms with van der Waals surface area (Å²) < 4.78 is 1.70. The van der Waals surface area contributed by atoms with Crippen LogP contribution in [0.15, 0.2) is 54.2 Å². The lowest BCUT2D eigenvalue weighted by atomic mass is 10.2. The largest absolute Gasteiger partial charge is 0.480 e. The van der Waals surface area contributed by atoms with Crippen LogP contribution in [0.5, 0.6) is 0 Å². The summed E-state index contributed by atoms with van der Waals surface area (Å²) in [7, 11) is 0. The van der Waals surface area contributed by atoms with E-state index in [2.05, 4.69) is 25.8 Å². The van der Waals surface area contributed by atoms with Crippen molar-refractivity contribution in [3.8, 4) is 11.4 Å². The molecule has 1 atom stereocenters. The summed E-state index contributed by atoms with van der Waals surface area (Å²) in [6.45, 7) is 1.40. The molecule has 0 aliphatic rings. The molecule has 0 saturated carbocycles. The van der Waals surface area contributed by atoms with Gasteiger partial charge < -0.3 is 15.7 Å². The van der Waals surface area contributed by atoms with Crippen molar-refractivity contribution >= 4 is 39.7 Å². The number of hydrogen-bond donors (Lipinski definition) is 3. The number of carboxylic acid groups (broad SMARTS) is 1. The van der Waals surface area contributed by atoms with Gasteiger partial charge in [-0.15, -0.1) is 21.5 Å². The van der Waals surface area contributed by atoms with Crippen molar-refractivity contribution < 1.29 is 14.7 Å². The second-order valence-electron chi connectivity index (χ2n) is 6.21. The van der Waals surface area contributed by atoms with Gasteiger partial charge in [0.05, 0.1) is 5.56 Å². The number of carbonyl (C=O) groups excluding carboxylic acids is 1. The number of nitrogens with zero attached hydrogens (tertiary/aromatic N) is 4. The zero-order chi connectivity index (χ0) is 20.4. The molecule has 1 unspecified atom stereocenters. The van der Waals surface area contributed by atoms with E-state index in [9.17, 15) is 9.59 Å². The van der Waals surface area contributed by atoms with E-state index >= 15 is 0 Å². The van der Waals surface area contributed by atoms with E-state index < -0.39 is 17.9 Å². The Bertz CT molecular complexity index is 1170. The number of anilines is 2. The molecule has 0 aliphatic carbocycles. The number of carboxylic acids is 1. The maximum Gasteiger partial charge on any atom is 0.325 e. The third-order valence-electron chi connectivity index (χ3n) is 4.22. The molecule has 0 bridgehead atoms. The molecule has 4 aromatic rings. The molecule has 3 N–H and O–H groups in total. The van der Waals surface area contributed by atoms with Crippen LogP contribution in [0.2, 0.25) is 0 Å². The Labute approximate surface area is 169 Å². The molecule has 4 rings (SSSR count). The Morgan fingerprint density at radius 1 is 1.17 bits per heavy atom. The molecule has 146 valence electrons. The third-order valence-corrected chi connectivity index (χ3v) is 4.91. The van der Waals surface area contributed by atoms with E-state index in [0.29, 0.717) is 11.5 Å². The van der Waals surface area contributed by atoms with Crippen molar-refractivity contribution in [1.29, 1.82) is 0 Å². The monoisotopic (exact) mass is 408 g/mol. The minimum atomic E-state index is -1.11. The summed E-state index contributed by atoms with van der Waals surface area (Å²) in [6.07, 6.45) is 3.48. The number of aliphatic carboxylic acids is 1. The number of amides is 1. The number of benzene rings is 1. The standard InChI is InChI=1S/C19H16N6O3S/c1-11(18(27)28)21-17(26)14-3-2-9-25-15(23-24-16(14)25)12-4-6-13(7-5-12)22-19-20-8-10-29-19/h2-11H,1H3,(H,20,22)(H,21,26)(H,27,28). The van der Waals surface area contributed by atoms with Crippen LogP contribution in [0, 0.1) is 0 Å². The summed E-state index contributed by atoms with van der Waals surface area (Å²) in [5.74, 6) is -1.06. The van der Waals surface area contributed by atoms with Crippen molar-refractivity contribution in [1.82, 2.24) is 24.9 Å². The Kier molecular flexibility index (Phi) is 4.92. The van der Waals surface area contributed by atoms with Gasteiger partial charge in [0, 0.05) is 29.0 Å². The van der Waals surface area contributed by atoms with E-state index in [0.717, 1.165) is 16.4 Å². The van der Waals surface area contributed by atoms with E-state index in [1.165, 1.54) is 18.3 Å². The summed E-state index contributed by atoms with van der Waals surface area (Å²) in [4.78, 5) is 27.6. The van der Waals surface area contributed by atoms with Gasteiger partial charge in [0.15, 0.2) is 16.6 Å². The van der Waals surface area contributed by atoms with Crippen LogP contribution in [0.25, 0.3) is 17.0 Å². The number of carbonyl (C=O) groups is 2. The van der Waals surface area contributed by atoms with Crippen molar-refractivity contribution in [3.05, 3.63) is 59.7 Å². The summed E-state index contributed by atoms with van der Waals surface area (Å²) in [5.41, 5.74) is 2.31. The second kappa shape index (κ2) is 7.68. The van der Waals surface area contributed by atoms with Gasteiger partial charge in [-0.2, -0.15) is 0 Å². The lowest BCUT2D eigenvalue weighted by Gasteiger charge is -2.10. The molecule has 0 radical (unpaired) electrons. The first kappa shape index (κ1) is 18.6. The van der Waals surface area contributed by atoms with Gasteiger partial charge >= 0.3 is 5.97 Å². The van der Waals surface area contributed by atoms with Crippen molar-refractivity contribution in [2.24, 2.45) is 0 Å². The van der Waals surface area contributed by atoms with Crippen LogP contribution in [-0.2, 0) is 4.79 Å². The van der Waals surface area contributed by atoms with Crippen LogP contribution in [0.4, 0.5) is 10.8 Å². The van der Waals surface area contributed by atoms with Gasteiger partial charge in [0.1, 0.15) is 6.04 Å². The summed E-state index contributed by atoms with van der Waals surface area (Å²) >= 11 is 1.51. The highest BCUT2D eigenvalue weighted by atomic mass is 32.1. The zero-order valence-electron chi connectivity index (χ0n) is 15.2. The minimum Gasteiger partial charge on any atom is -0.480 e. The van der Waals surface area contributed by atoms with Gasteiger partial charge in [-0.25, -0.2) is 4.98 Å². The van der Waals surface area contributed by atoms with Crippen molar-refractivity contribution in [2.45, 2.75) is 13.0 Å². The summed E-state index contributed by atoms with van der Waals surface area (Å²) in [5, 5.41) is 25.7. The predicted octanol–water partition coefficient (Wildman–Crippen LogP) is 2.80. The van der Waals surface area contributed by atoms with Crippen LogP contribution in [0.3, 0.4) is 0 Å². The SMILES string of the molecule is CC(NC(=O)c1cccn2c(-c3ccc(Nc4nccs4)cc3)nnc12)C(=O)O. The first-order chi connectivity index (χ1) is 14.0. The Morgan fingerprint density at radius 2 is 1.97 bits per heavy atom. The lowest BCUT2D eigenvalue weighted by molar-refractivity contribution is -0.138. The van der Waals surface area contributed by atoms with Gasteiger partial charge in [-0.3, -0.25) is 14.0 Å². The maximum atomic E-state index is 12.4. The Morgan fingerprint density at radius 3 is 2.66 bits per heavy atom. The predicted molar refractivity (Wildman–Crippen MR) is 108 cm³/mol. The van der Waals surface area contributed by atoms with Crippen molar-refractivity contribution in [2.75, 3.05) is 5.32 Å². The molecule has 10 heteroatoms. The van der Waals surface area contributed by atoms with Crippen molar-refractivity contribution in [3.63, 3.8) is 0 Å². The fourth-order valence-corrected chi connectivity index (χ4v) is 3.29. The molecular formula is C19H16N6O3S. The average molecular weight is 408 g/mol.